The molecule has 13 nitrogen and oxygen atoms in total. The van der Waals surface area contributed by atoms with Gasteiger partial charge >= 0.3 is 12.1 Å². The van der Waals surface area contributed by atoms with Crippen molar-refractivity contribution in [3.8, 4) is 11.3 Å². The summed E-state index contributed by atoms with van der Waals surface area (Å²) in [5, 5.41) is 20.2. The number of aryl methyl sites for hydroxylation is 1. The standard InChI is InChI=1S/C36H46N6O7/c1-35(2,3)49-34(48)37-28-14-9-7-5-6-8-13-25-18-36(25,33(46)47)38-30(43)29-26-21-41(19-24(26)20-42(29)32(28)45)31(44)23-12-10-11-22(17-23)27-15-16-40(4)39-27/h8,10-13,15-17,24-26,28-29H,5-7,9,14,18-21H2,1-4H3,(H,37,48)(H,38,43)(H,46,47)/b13-8-/t24-,25-,26-,28+,29-,36+/m0/s1. The lowest BCUT2D eigenvalue weighted by Crippen LogP contribution is -2.58. The second-order valence-corrected chi connectivity index (χ2v) is 14.9. The molecule has 3 aliphatic heterocycles. The van der Waals surface area contributed by atoms with E-state index in [1.54, 1.807) is 42.5 Å². The molecule has 4 heterocycles. The molecule has 6 rings (SSSR count). The highest BCUT2D eigenvalue weighted by Gasteiger charge is 2.62. The van der Waals surface area contributed by atoms with Gasteiger partial charge in [-0.2, -0.15) is 5.10 Å². The van der Waals surface area contributed by atoms with Crippen LogP contribution in [0.25, 0.3) is 11.3 Å². The zero-order chi connectivity index (χ0) is 35.1. The third-order valence-electron chi connectivity index (χ3n) is 10.1. The molecule has 262 valence electrons. The van der Waals surface area contributed by atoms with Gasteiger partial charge in [-0.05, 0) is 64.7 Å². The molecule has 6 atom stereocenters. The average Bonchev–Trinajstić information content (AvgIpc) is 3.31. The fourth-order valence-corrected chi connectivity index (χ4v) is 7.55. The zero-order valence-corrected chi connectivity index (χ0v) is 28.6. The number of aliphatic carboxylic acids is 1. The number of benzene rings is 1. The van der Waals surface area contributed by atoms with Crippen molar-refractivity contribution >= 4 is 29.8 Å². The number of alkyl carbamates (subject to hydrolysis) is 1. The second kappa shape index (κ2) is 13.3. The largest absolute Gasteiger partial charge is 0.479 e. The van der Waals surface area contributed by atoms with Crippen LogP contribution in [0, 0.1) is 17.8 Å². The van der Waals surface area contributed by atoms with Gasteiger partial charge in [-0.3, -0.25) is 19.1 Å². The van der Waals surface area contributed by atoms with E-state index in [4.69, 9.17) is 4.74 Å². The van der Waals surface area contributed by atoms with Crippen LogP contribution in [0.5, 0.6) is 0 Å². The van der Waals surface area contributed by atoms with Crippen LogP contribution in [-0.4, -0.2) is 97.3 Å². The Balaban J connectivity index is 1.27. The second-order valence-electron chi connectivity index (χ2n) is 14.9. The lowest BCUT2D eigenvalue weighted by molar-refractivity contribution is -0.146. The van der Waals surface area contributed by atoms with Gasteiger partial charge < -0.3 is 30.3 Å². The highest BCUT2D eigenvalue weighted by atomic mass is 16.6. The van der Waals surface area contributed by atoms with Crippen molar-refractivity contribution in [3.05, 3.63) is 54.2 Å². The molecule has 4 amide bonds. The van der Waals surface area contributed by atoms with Gasteiger partial charge in [0.25, 0.3) is 5.91 Å². The number of amides is 4. The van der Waals surface area contributed by atoms with E-state index < -0.39 is 53.0 Å². The molecule has 2 aromatic rings. The molecular weight excluding hydrogens is 628 g/mol. The van der Waals surface area contributed by atoms with E-state index in [1.165, 1.54) is 4.90 Å². The minimum absolute atomic E-state index is 0.190. The van der Waals surface area contributed by atoms with Gasteiger partial charge in [0.05, 0.1) is 5.69 Å². The minimum atomic E-state index is -1.45. The van der Waals surface area contributed by atoms with Crippen molar-refractivity contribution in [1.82, 2.24) is 30.2 Å². The van der Waals surface area contributed by atoms with Crippen molar-refractivity contribution in [2.45, 2.75) is 82.5 Å². The molecule has 1 aromatic carbocycles. The van der Waals surface area contributed by atoms with E-state index in [0.29, 0.717) is 24.9 Å². The summed E-state index contributed by atoms with van der Waals surface area (Å²) in [6, 6.07) is 7.17. The van der Waals surface area contributed by atoms with Crippen LogP contribution in [0.1, 0.15) is 69.7 Å². The Morgan fingerprint density at radius 1 is 1.08 bits per heavy atom. The number of hydrogen-bond donors (Lipinski definition) is 3. The Labute approximate surface area is 286 Å². The van der Waals surface area contributed by atoms with Gasteiger partial charge in [0.15, 0.2) is 0 Å². The number of hydrogen-bond acceptors (Lipinski definition) is 7. The first kappa shape index (κ1) is 34.2. The van der Waals surface area contributed by atoms with Gasteiger partial charge in [-0.1, -0.05) is 37.1 Å². The van der Waals surface area contributed by atoms with Crippen LogP contribution < -0.4 is 10.6 Å². The summed E-state index contributed by atoms with van der Waals surface area (Å²) in [6.07, 6.45) is 8.63. The van der Waals surface area contributed by atoms with E-state index in [2.05, 4.69) is 15.7 Å². The normalized spacial score (nSPS) is 29.4. The molecule has 1 aromatic heterocycles. The molecule has 0 radical (unpaired) electrons. The lowest BCUT2D eigenvalue weighted by Gasteiger charge is -2.33. The molecular formula is C36H46N6O7. The third-order valence-corrected chi connectivity index (χ3v) is 10.1. The van der Waals surface area contributed by atoms with Gasteiger partial charge in [0.1, 0.15) is 23.2 Å². The summed E-state index contributed by atoms with van der Waals surface area (Å²) in [5.74, 6) is -3.28. The monoisotopic (exact) mass is 674 g/mol. The number of carbonyl (C=O) groups is 5. The number of ether oxygens (including phenoxy) is 1. The summed E-state index contributed by atoms with van der Waals surface area (Å²) in [7, 11) is 1.83. The maximum atomic E-state index is 14.3. The van der Waals surface area contributed by atoms with E-state index in [1.807, 2.05) is 43.6 Å². The van der Waals surface area contributed by atoms with E-state index in [9.17, 15) is 29.1 Å². The first-order valence-corrected chi connectivity index (χ1v) is 17.2. The number of allylic oxidation sites excluding steroid dienone is 1. The predicted octanol–water partition coefficient (Wildman–Crippen LogP) is 3.36. The molecule has 0 spiro atoms. The Bertz CT molecular complexity index is 1660. The maximum absolute atomic E-state index is 14.3. The van der Waals surface area contributed by atoms with Crippen LogP contribution in [0.15, 0.2) is 48.7 Å². The van der Waals surface area contributed by atoms with Gasteiger partial charge in [-0.15, -0.1) is 0 Å². The van der Waals surface area contributed by atoms with Crippen molar-refractivity contribution in [2.75, 3.05) is 19.6 Å². The molecule has 0 unspecified atom stereocenters. The number of likely N-dealkylation sites (tertiary alicyclic amines) is 1. The molecule has 2 saturated heterocycles. The van der Waals surface area contributed by atoms with Gasteiger partial charge in [-0.25, -0.2) is 9.59 Å². The molecule has 4 aliphatic rings. The topological polar surface area (TPSA) is 163 Å². The number of nitrogens with zero attached hydrogens (tertiary/aromatic N) is 4. The number of aromatic nitrogens is 2. The molecule has 1 aliphatic carbocycles. The van der Waals surface area contributed by atoms with Crippen LogP contribution in [0.3, 0.4) is 0 Å². The highest BCUT2D eigenvalue weighted by molar-refractivity contribution is 5.98. The summed E-state index contributed by atoms with van der Waals surface area (Å²) in [4.78, 5) is 71.0. The van der Waals surface area contributed by atoms with Crippen LogP contribution in [0.2, 0.25) is 0 Å². The maximum Gasteiger partial charge on any atom is 0.408 e. The molecule has 0 bridgehead atoms. The van der Waals surface area contributed by atoms with Crippen molar-refractivity contribution in [3.63, 3.8) is 0 Å². The van der Waals surface area contributed by atoms with E-state index >= 15 is 0 Å². The van der Waals surface area contributed by atoms with Crippen LogP contribution >= 0.6 is 0 Å². The Morgan fingerprint density at radius 2 is 1.88 bits per heavy atom. The molecule has 1 saturated carbocycles. The summed E-state index contributed by atoms with van der Waals surface area (Å²) < 4.78 is 7.17. The smallest absolute Gasteiger partial charge is 0.408 e. The quantitative estimate of drug-likeness (QED) is 0.416. The van der Waals surface area contributed by atoms with E-state index in [-0.39, 0.29) is 37.3 Å². The van der Waals surface area contributed by atoms with Crippen molar-refractivity contribution in [2.24, 2.45) is 24.8 Å². The number of carboxylic acids is 1. The fourth-order valence-electron chi connectivity index (χ4n) is 7.55. The zero-order valence-electron chi connectivity index (χ0n) is 28.6. The number of fused-ring (bicyclic) bond motifs is 4. The van der Waals surface area contributed by atoms with Crippen molar-refractivity contribution in [1.29, 1.82) is 0 Å². The fraction of sp³-hybridized carbons (Fsp3) is 0.556. The molecule has 3 N–H and O–H groups in total. The molecule has 13 heteroatoms. The number of carboxylic acid groups (broad SMARTS) is 1. The van der Waals surface area contributed by atoms with Crippen LogP contribution in [0.4, 0.5) is 4.79 Å². The van der Waals surface area contributed by atoms with Gasteiger partial charge in [0, 0.05) is 61.8 Å². The number of nitrogens with one attached hydrogen (secondary N) is 2. The summed E-state index contributed by atoms with van der Waals surface area (Å²) in [6.45, 7) is 5.95. The third kappa shape index (κ3) is 7.20. The Hall–Kier alpha value is -4.68. The molecule has 3 fully saturated rings. The number of rotatable bonds is 4. The number of carbonyl (C=O) groups excluding carboxylic acids is 4. The lowest BCUT2D eigenvalue weighted by atomic mass is 9.93. The summed E-state index contributed by atoms with van der Waals surface area (Å²) in [5.41, 5.74) is -0.187. The van der Waals surface area contributed by atoms with Crippen molar-refractivity contribution < 1.29 is 33.8 Å². The summed E-state index contributed by atoms with van der Waals surface area (Å²) >= 11 is 0. The van der Waals surface area contributed by atoms with Crippen LogP contribution in [-0.2, 0) is 26.2 Å². The van der Waals surface area contributed by atoms with Gasteiger partial charge in [0.2, 0.25) is 11.8 Å². The predicted molar refractivity (Wildman–Crippen MR) is 179 cm³/mol. The minimum Gasteiger partial charge on any atom is -0.479 e. The Morgan fingerprint density at radius 3 is 2.59 bits per heavy atom. The average molecular weight is 675 g/mol. The Kier molecular flexibility index (Phi) is 9.29. The van der Waals surface area contributed by atoms with E-state index in [0.717, 1.165) is 30.5 Å². The SMILES string of the molecule is Cn1ccc(-c2cccc(C(=O)N3C[C@H]4CN5C(=O)[C@H](NC(=O)OC(C)(C)C)CCCCC/C=C\[C@H]6C[C@@]6(C(=O)O)NC(=O)[C@@H]5[C@H]4C3)c2)n1. The molecule has 49 heavy (non-hydrogen) atoms. The first-order valence-electron chi connectivity index (χ1n) is 17.2. The highest BCUT2D eigenvalue weighted by Crippen LogP contribution is 2.46. The first-order chi connectivity index (χ1) is 23.3.